The van der Waals surface area contributed by atoms with Crippen molar-refractivity contribution >= 4 is 11.0 Å². The zero-order chi connectivity index (χ0) is 12.0. The van der Waals surface area contributed by atoms with E-state index in [4.69, 9.17) is 0 Å². The van der Waals surface area contributed by atoms with Crippen LogP contribution in [0.5, 0.6) is 0 Å². The van der Waals surface area contributed by atoms with Gasteiger partial charge in [0.2, 0.25) is 0 Å². The fourth-order valence-corrected chi connectivity index (χ4v) is 2.09. The molecule has 3 nitrogen and oxygen atoms in total. The second kappa shape index (κ2) is 3.57. The number of H-pyrrole nitrogens is 1. The molecule has 0 atom stereocenters. The van der Waals surface area contributed by atoms with Crippen LogP contribution in [-0.4, -0.2) is 21.7 Å². The Bertz CT molecular complexity index is 552. The number of rotatable bonds is 3. The molecule has 0 radical (unpaired) electrons. The van der Waals surface area contributed by atoms with Crippen LogP contribution in [0, 0.1) is 0 Å². The van der Waals surface area contributed by atoms with E-state index < -0.39 is 0 Å². The van der Waals surface area contributed by atoms with Gasteiger partial charge in [0.25, 0.3) is 0 Å². The highest BCUT2D eigenvalue weighted by Crippen LogP contribution is 2.39. The van der Waals surface area contributed by atoms with Gasteiger partial charge in [-0.3, -0.25) is 0 Å². The average Bonchev–Trinajstić information content (AvgIpc) is 3.08. The molecule has 1 fully saturated rings. The summed E-state index contributed by atoms with van der Waals surface area (Å²) in [6.45, 7) is 4.25. The van der Waals surface area contributed by atoms with E-state index in [9.17, 15) is 5.11 Å². The molecule has 0 unspecified atom stereocenters. The third kappa shape index (κ3) is 1.84. The summed E-state index contributed by atoms with van der Waals surface area (Å²) >= 11 is 0. The highest BCUT2D eigenvalue weighted by molar-refractivity contribution is 5.76. The van der Waals surface area contributed by atoms with E-state index in [-0.39, 0.29) is 12.0 Å². The first-order chi connectivity index (χ1) is 8.10. The van der Waals surface area contributed by atoms with Gasteiger partial charge in [-0.25, -0.2) is 4.98 Å². The molecule has 2 aromatic rings. The molecule has 0 amide bonds. The molecule has 1 heterocycles. The first-order valence-corrected chi connectivity index (χ1v) is 6.21. The van der Waals surface area contributed by atoms with Crippen molar-refractivity contribution < 1.29 is 5.11 Å². The van der Waals surface area contributed by atoms with Crippen LogP contribution in [0.4, 0.5) is 0 Å². The predicted molar refractivity (Wildman–Crippen MR) is 68.2 cm³/mol. The maximum atomic E-state index is 9.40. The van der Waals surface area contributed by atoms with Gasteiger partial charge in [-0.2, -0.15) is 0 Å². The Labute approximate surface area is 101 Å². The lowest BCUT2D eigenvalue weighted by atomic mass is 9.85. The Hall–Kier alpha value is -1.35. The molecule has 0 saturated heterocycles. The van der Waals surface area contributed by atoms with E-state index in [0.717, 1.165) is 22.4 Å². The number of fused-ring (bicyclic) bond motifs is 1. The summed E-state index contributed by atoms with van der Waals surface area (Å²) in [7, 11) is 0. The zero-order valence-electron chi connectivity index (χ0n) is 10.3. The Morgan fingerprint density at radius 2 is 2.18 bits per heavy atom. The van der Waals surface area contributed by atoms with Crippen LogP contribution in [0.1, 0.15) is 44.0 Å². The molecule has 1 aromatic heterocycles. The molecule has 0 bridgehead atoms. The van der Waals surface area contributed by atoms with Gasteiger partial charge >= 0.3 is 0 Å². The number of nitrogens with one attached hydrogen (secondary N) is 1. The number of nitrogens with zero attached hydrogens (tertiary/aromatic N) is 1. The quantitative estimate of drug-likeness (QED) is 0.851. The van der Waals surface area contributed by atoms with Gasteiger partial charge in [-0.1, -0.05) is 19.9 Å². The lowest BCUT2D eigenvalue weighted by molar-refractivity contribution is 0.218. The topological polar surface area (TPSA) is 48.9 Å². The number of aromatic nitrogens is 2. The highest BCUT2D eigenvalue weighted by atomic mass is 16.3. The molecule has 2 N–H and O–H groups in total. The van der Waals surface area contributed by atoms with Crippen molar-refractivity contribution in [3.63, 3.8) is 0 Å². The number of aromatic amines is 1. The minimum absolute atomic E-state index is 0.155. The molecule has 1 aliphatic carbocycles. The van der Waals surface area contributed by atoms with E-state index in [1.807, 2.05) is 19.9 Å². The minimum Gasteiger partial charge on any atom is -0.395 e. The van der Waals surface area contributed by atoms with E-state index in [0.29, 0.717) is 5.92 Å². The van der Waals surface area contributed by atoms with Crippen LogP contribution in [0.2, 0.25) is 0 Å². The predicted octanol–water partition coefficient (Wildman–Crippen LogP) is 2.71. The van der Waals surface area contributed by atoms with Crippen molar-refractivity contribution in [3.05, 3.63) is 29.6 Å². The Balaban J connectivity index is 2.05. The van der Waals surface area contributed by atoms with E-state index in [1.165, 1.54) is 12.8 Å². The summed E-state index contributed by atoms with van der Waals surface area (Å²) in [5.74, 6) is 1.77. The monoisotopic (exact) mass is 230 g/mol. The summed E-state index contributed by atoms with van der Waals surface area (Å²) in [6, 6.07) is 6.23. The van der Waals surface area contributed by atoms with E-state index >= 15 is 0 Å². The molecule has 0 aliphatic heterocycles. The molecule has 17 heavy (non-hydrogen) atoms. The number of aliphatic hydroxyl groups excluding tert-OH is 1. The summed E-state index contributed by atoms with van der Waals surface area (Å²) in [6.07, 6.45) is 2.52. The number of aliphatic hydroxyl groups is 1. The van der Waals surface area contributed by atoms with Gasteiger partial charge in [-0.05, 0) is 30.5 Å². The van der Waals surface area contributed by atoms with Gasteiger partial charge in [0.15, 0.2) is 0 Å². The van der Waals surface area contributed by atoms with Gasteiger partial charge in [0.05, 0.1) is 17.6 Å². The third-order valence-electron chi connectivity index (χ3n) is 3.64. The number of imidazole rings is 1. The average molecular weight is 230 g/mol. The molecule has 1 aromatic carbocycles. The van der Waals surface area contributed by atoms with Crippen molar-refractivity contribution in [1.82, 2.24) is 9.97 Å². The van der Waals surface area contributed by atoms with Crippen LogP contribution < -0.4 is 0 Å². The van der Waals surface area contributed by atoms with Gasteiger partial charge in [0.1, 0.15) is 5.82 Å². The van der Waals surface area contributed by atoms with Gasteiger partial charge < -0.3 is 10.1 Å². The van der Waals surface area contributed by atoms with Crippen LogP contribution in [0.15, 0.2) is 18.2 Å². The fourth-order valence-electron chi connectivity index (χ4n) is 2.09. The van der Waals surface area contributed by atoms with E-state index in [2.05, 4.69) is 22.1 Å². The van der Waals surface area contributed by atoms with E-state index in [1.54, 1.807) is 0 Å². The van der Waals surface area contributed by atoms with Crippen molar-refractivity contribution in [3.8, 4) is 0 Å². The van der Waals surface area contributed by atoms with Gasteiger partial charge in [-0.15, -0.1) is 0 Å². The molecule has 90 valence electrons. The first-order valence-electron chi connectivity index (χ1n) is 6.21. The van der Waals surface area contributed by atoms with Crippen LogP contribution in [0.3, 0.4) is 0 Å². The lowest BCUT2D eigenvalue weighted by Gasteiger charge is -2.21. The highest BCUT2D eigenvalue weighted by Gasteiger charge is 2.27. The SMILES string of the molecule is CC(C)(CO)c1ccc2nc(C3CC3)[nH]c2c1. The van der Waals surface area contributed by atoms with Gasteiger partial charge in [0, 0.05) is 11.3 Å². The van der Waals surface area contributed by atoms with Crippen molar-refractivity contribution in [2.75, 3.05) is 6.61 Å². The molecule has 1 aliphatic rings. The smallest absolute Gasteiger partial charge is 0.110 e. The molecule has 0 spiro atoms. The van der Waals surface area contributed by atoms with Crippen LogP contribution in [-0.2, 0) is 5.41 Å². The lowest BCUT2D eigenvalue weighted by Crippen LogP contribution is -2.21. The maximum absolute atomic E-state index is 9.40. The largest absolute Gasteiger partial charge is 0.395 e. The summed E-state index contributed by atoms with van der Waals surface area (Å²) < 4.78 is 0. The minimum atomic E-state index is -0.195. The molecule has 3 rings (SSSR count). The standard InChI is InChI=1S/C14H18N2O/c1-14(2,8-17)10-5-6-11-12(7-10)16-13(15-11)9-3-4-9/h5-7,9,17H,3-4,8H2,1-2H3,(H,15,16). The van der Waals surface area contributed by atoms with Crippen LogP contribution >= 0.6 is 0 Å². The number of hydrogen-bond donors (Lipinski definition) is 2. The summed E-state index contributed by atoms with van der Waals surface area (Å²) in [5.41, 5.74) is 3.08. The molecular formula is C14H18N2O. The fraction of sp³-hybridized carbons (Fsp3) is 0.500. The zero-order valence-corrected chi connectivity index (χ0v) is 10.3. The Morgan fingerprint density at radius 3 is 2.82 bits per heavy atom. The summed E-state index contributed by atoms with van der Waals surface area (Å²) in [5, 5.41) is 9.40. The number of benzene rings is 1. The van der Waals surface area contributed by atoms with Crippen molar-refractivity contribution in [2.24, 2.45) is 0 Å². The second-order valence-corrected chi connectivity index (χ2v) is 5.67. The molecule has 3 heteroatoms. The molecule has 1 saturated carbocycles. The number of hydrogen-bond acceptors (Lipinski definition) is 2. The first kappa shape index (κ1) is 10.8. The van der Waals surface area contributed by atoms with Crippen molar-refractivity contribution in [1.29, 1.82) is 0 Å². The Kier molecular flexibility index (Phi) is 2.26. The Morgan fingerprint density at radius 1 is 1.41 bits per heavy atom. The second-order valence-electron chi connectivity index (χ2n) is 5.67. The van der Waals surface area contributed by atoms with Crippen molar-refractivity contribution in [2.45, 2.75) is 38.0 Å². The molecular weight excluding hydrogens is 212 g/mol. The normalized spacial score (nSPS) is 16.6. The maximum Gasteiger partial charge on any atom is 0.110 e. The third-order valence-corrected chi connectivity index (χ3v) is 3.64. The summed E-state index contributed by atoms with van der Waals surface area (Å²) in [4.78, 5) is 8.01. The van der Waals surface area contributed by atoms with Crippen LogP contribution in [0.25, 0.3) is 11.0 Å².